The van der Waals surface area contributed by atoms with E-state index in [9.17, 15) is 9.59 Å². The molecule has 1 aliphatic carbocycles. The molecule has 2 nitrogen and oxygen atoms in total. The molecule has 0 bridgehead atoms. The topological polar surface area (TPSA) is 34.1 Å². The molecule has 0 radical (unpaired) electrons. The van der Waals surface area contributed by atoms with E-state index in [2.05, 4.69) is 0 Å². The van der Waals surface area contributed by atoms with Crippen molar-refractivity contribution in [3.05, 3.63) is 71.8 Å². The highest BCUT2D eigenvalue weighted by molar-refractivity contribution is 6.00. The SMILES string of the molecule is O=C(C[C@@H]1CCC[C@@H]1C(=O)c1ccccc1)c1ccccc1. The van der Waals surface area contributed by atoms with E-state index in [1.54, 1.807) is 0 Å². The molecule has 3 rings (SSSR count). The third-order valence-corrected chi connectivity index (χ3v) is 4.60. The second kappa shape index (κ2) is 6.69. The van der Waals surface area contributed by atoms with Crippen molar-refractivity contribution in [3.8, 4) is 0 Å². The summed E-state index contributed by atoms with van der Waals surface area (Å²) in [7, 11) is 0. The van der Waals surface area contributed by atoms with E-state index in [-0.39, 0.29) is 23.4 Å². The van der Waals surface area contributed by atoms with Crippen LogP contribution in [0.2, 0.25) is 0 Å². The minimum Gasteiger partial charge on any atom is -0.294 e. The lowest BCUT2D eigenvalue weighted by molar-refractivity contribution is 0.0861. The summed E-state index contributed by atoms with van der Waals surface area (Å²) < 4.78 is 0. The van der Waals surface area contributed by atoms with Crippen LogP contribution in [0.15, 0.2) is 60.7 Å². The Morgan fingerprint density at radius 3 is 2.05 bits per heavy atom. The molecule has 2 aromatic carbocycles. The second-order valence-corrected chi connectivity index (χ2v) is 6.02. The smallest absolute Gasteiger partial charge is 0.166 e. The molecule has 0 aromatic heterocycles. The number of Topliss-reactive ketones (excluding diaryl/α,β-unsaturated/α-hetero) is 2. The number of ketones is 2. The molecular weight excluding hydrogens is 272 g/mol. The monoisotopic (exact) mass is 292 g/mol. The van der Waals surface area contributed by atoms with Gasteiger partial charge in [-0.1, -0.05) is 67.1 Å². The fourth-order valence-electron chi connectivity index (χ4n) is 3.42. The first-order valence-corrected chi connectivity index (χ1v) is 7.93. The number of benzene rings is 2. The van der Waals surface area contributed by atoms with Crippen molar-refractivity contribution in [2.45, 2.75) is 25.7 Å². The largest absolute Gasteiger partial charge is 0.294 e. The zero-order valence-electron chi connectivity index (χ0n) is 12.6. The molecule has 0 unspecified atom stereocenters. The number of hydrogen-bond donors (Lipinski definition) is 0. The van der Waals surface area contributed by atoms with Crippen LogP contribution in [0.4, 0.5) is 0 Å². The van der Waals surface area contributed by atoms with Crippen LogP contribution in [0.5, 0.6) is 0 Å². The van der Waals surface area contributed by atoms with Crippen LogP contribution in [-0.2, 0) is 0 Å². The van der Waals surface area contributed by atoms with Gasteiger partial charge in [0.25, 0.3) is 0 Å². The molecule has 0 N–H and O–H groups in total. The van der Waals surface area contributed by atoms with Gasteiger partial charge >= 0.3 is 0 Å². The van der Waals surface area contributed by atoms with Crippen LogP contribution in [0, 0.1) is 11.8 Å². The van der Waals surface area contributed by atoms with Gasteiger partial charge in [-0.25, -0.2) is 0 Å². The Kier molecular flexibility index (Phi) is 4.47. The van der Waals surface area contributed by atoms with E-state index in [0.717, 1.165) is 30.4 Å². The van der Waals surface area contributed by atoms with Gasteiger partial charge in [0.05, 0.1) is 0 Å². The highest BCUT2D eigenvalue weighted by Gasteiger charge is 2.34. The maximum absolute atomic E-state index is 12.7. The van der Waals surface area contributed by atoms with Crippen LogP contribution in [0.1, 0.15) is 46.4 Å². The molecule has 1 aliphatic rings. The van der Waals surface area contributed by atoms with Crippen molar-refractivity contribution >= 4 is 11.6 Å². The number of hydrogen-bond acceptors (Lipinski definition) is 2. The van der Waals surface area contributed by atoms with Crippen molar-refractivity contribution in [1.29, 1.82) is 0 Å². The molecule has 0 amide bonds. The van der Waals surface area contributed by atoms with Crippen LogP contribution in [0.3, 0.4) is 0 Å². The summed E-state index contributed by atoms with van der Waals surface area (Å²) >= 11 is 0. The third-order valence-electron chi connectivity index (χ3n) is 4.60. The first-order chi connectivity index (χ1) is 10.8. The summed E-state index contributed by atoms with van der Waals surface area (Å²) in [6.45, 7) is 0. The fraction of sp³-hybridized carbons (Fsp3) is 0.300. The summed E-state index contributed by atoms with van der Waals surface area (Å²) in [6, 6.07) is 18.8. The van der Waals surface area contributed by atoms with E-state index in [4.69, 9.17) is 0 Å². The summed E-state index contributed by atoms with van der Waals surface area (Å²) in [5.74, 6) is 0.526. The molecule has 1 saturated carbocycles. The zero-order chi connectivity index (χ0) is 15.4. The lowest BCUT2D eigenvalue weighted by atomic mass is 9.84. The van der Waals surface area contributed by atoms with Crippen molar-refractivity contribution in [2.75, 3.05) is 0 Å². The Morgan fingerprint density at radius 1 is 0.818 bits per heavy atom. The highest BCUT2D eigenvalue weighted by Crippen LogP contribution is 2.37. The fourth-order valence-corrected chi connectivity index (χ4v) is 3.42. The standard InChI is InChI=1S/C20H20O2/c21-19(15-8-3-1-4-9-15)14-17-12-7-13-18(17)20(22)16-10-5-2-6-11-16/h1-6,8-11,17-18H,7,12-14H2/t17-,18-/m0/s1. The summed E-state index contributed by atoms with van der Waals surface area (Å²) in [5, 5.41) is 0. The molecule has 0 saturated heterocycles. The molecular formula is C20H20O2. The number of carbonyl (C=O) groups excluding carboxylic acids is 2. The first kappa shape index (κ1) is 14.7. The summed E-state index contributed by atoms with van der Waals surface area (Å²) in [6.07, 6.45) is 3.39. The molecule has 2 aromatic rings. The molecule has 1 fully saturated rings. The quantitative estimate of drug-likeness (QED) is 0.757. The molecule has 0 spiro atoms. The maximum Gasteiger partial charge on any atom is 0.166 e. The maximum atomic E-state index is 12.7. The van der Waals surface area contributed by atoms with E-state index in [0.29, 0.717) is 6.42 Å². The van der Waals surface area contributed by atoms with E-state index < -0.39 is 0 Å². The van der Waals surface area contributed by atoms with Gasteiger partial charge in [0.1, 0.15) is 0 Å². The van der Waals surface area contributed by atoms with E-state index in [1.165, 1.54) is 0 Å². The van der Waals surface area contributed by atoms with Gasteiger partial charge in [-0.3, -0.25) is 9.59 Å². The minimum atomic E-state index is -0.00457. The molecule has 22 heavy (non-hydrogen) atoms. The van der Waals surface area contributed by atoms with Gasteiger partial charge in [-0.2, -0.15) is 0 Å². The normalized spacial score (nSPS) is 20.7. The Hall–Kier alpha value is -2.22. The number of carbonyl (C=O) groups is 2. The average molecular weight is 292 g/mol. The molecule has 0 heterocycles. The van der Waals surface area contributed by atoms with Crippen LogP contribution >= 0.6 is 0 Å². The Morgan fingerprint density at radius 2 is 1.41 bits per heavy atom. The third kappa shape index (κ3) is 3.16. The van der Waals surface area contributed by atoms with Gasteiger partial charge in [-0.05, 0) is 18.8 Å². The van der Waals surface area contributed by atoms with Gasteiger partial charge in [0, 0.05) is 23.5 Å². The van der Waals surface area contributed by atoms with Gasteiger partial charge in [0.2, 0.25) is 0 Å². The molecule has 112 valence electrons. The lowest BCUT2D eigenvalue weighted by Gasteiger charge is -2.18. The van der Waals surface area contributed by atoms with Gasteiger partial charge < -0.3 is 0 Å². The van der Waals surface area contributed by atoms with E-state index in [1.807, 2.05) is 60.7 Å². The minimum absolute atomic E-state index is 0.00457. The van der Waals surface area contributed by atoms with Crippen molar-refractivity contribution in [2.24, 2.45) is 11.8 Å². The highest BCUT2D eigenvalue weighted by atomic mass is 16.1. The van der Waals surface area contributed by atoms with Gasteiger partial charge in [-0.15, -0.1) is 0 Å². The van der Waals surface area contributed by atoms with Crippen molar-refractivity contribution in [1.82, 2.24) is 0 Å². The van der Waals surface area contributed by atoms with Crippen molar-refractivity contribution < 1.29 is 9.59 Å². The molecule has 2 heteroatoms. The Balaban J connectivity index is 1.71. The number of rotatable bonds is 5. The van der Waals surface area contributed by atoms with Crippen LogP contribution in [-0.4, -0.2) is 11.6 Å². The van der Waals surface area contributed by atoms with Crippen LogP contribution < -0.4 is 0 Å². The second-order valence-electron chi connectivity index (χ2n) is 6.02. The summed E-state index contributed by atoms with van der Waals surface area (Å²) in [4.78, 5) is 25.1. The predicted octanol–water partition coefficient (Wildman–Crippen LogP) is 4.56. The predicted molar refractivity (Wildman–Crippen MR) is 87.0 cm³/mol. The first-order valence-electron chi connectivity index (χ1n) is 7.93. The van der Waals surface area contributed by atoms with Crippen LogP contribution in [0.25, 0.3) is 0 Å². The van der Waals surface area contributed by atoms with Gasteiger partial charge in [0.15, 0.2) is 11.6 Å². The molecule has 0 aliphatic heterocycles. The van der Waals surface area contributed by atoms with Crippen molar-refractivity contribution in [3.63, 3.8) is 0 Å². The zero-order valence-corrected chi connectivity index (χ0v) is 12.6. The Labute approximate surface area is 131 Å². The average Bonchev–Trinajstić information content (AvgIpc) is 3.04. The lowest BCUT2D eigenvalue weighted by Crippen LogP contribution is -2.21. The van der Waals surface area contributed by atoms with E-state index >= 15 is 0 Å². The molecule has 2 atom stereocenters. The Bertz CT molecular complexity index is 646. The summed E-state index contributed by atoms with van der Waals surface area (Å²) in [5.41, 5.74) is 1.52.